The topological polar surface area (TPSA) is 63.4 Å². The molecule has 106 valence electrons. The van der Waals surface area contributed by atoms with Crippen LogP contribution in [0.25, 0.3) is 0 Å². The van der Waals surface area contributed by atoms with Gasteiger partial charge in [-0.15, -0.1) is 0 Å². The highest BCUT2D eigenvalue weighted by Crippen LogP contribution is 2.20. The average Bonchev–Trinajstić information content (AvgIpc) is 2.69. The maximum absolute atomic E-state index is 11.6. The van der Waals surface area contributed by atoms with E-state index in [1.165, 1.54) is 0 Å². The lowest BCUT2D eigenvalue weighted by molar-refractivity contribution is 0.204. The van der Waals surface area contributed by atoms with Crippen LogP contribution in [0.15, 0.2) is 24.3 Å². The zero-order valence-electron chi connectivity index (χ0n) is 11.4. The minimum atomic E-state index is -2.83. The molecule has 1 atom stereocenters. The van der Waals surface area contributed by atoms with Gasteiger partial charge >= 0.3 is 0 Å². The van der Waals surface area contributed by atoms with E-state index >= 15 is 0 Å². The Labute approximate surface area is 115 Å². The van der Waals surface area contributed by atoms with Gasteiger partial charge in [-0.3, -0.25) is 4.90 Å². The molecule has 5 heteroatoms. The summed E-state index contributed by atoms with van der Waals surface area (Å²) >= 11 is 0. The number of anilines is 1. The van der Waals surface area contributed by atoms with Crippen molar-refractivity contribution in [2.75, 3.05) is 23.8 Å². The molecule has 1 fully saturated rings. The lowest BCUT2D eigenvalue weighted by Gasteiger charge is -2.27. The summed E-state index contributed by atoms with van der Waals surface area (Å²) < 4.78 is 23.2. The molecule has 0 bridgehead atoms. The van der Waals surface area contributed by atoms with Crippen molar-refractivity contribution in [3.05, 3.63) is 29.8 Å². The molecule has 1 aliphatic heterocycles. The molecule has 1 aliphatic rings. The molecule has 0 aliphatic carbocycles. The summed E-state index contributed by atoms with van der Waals surface area (Å²) in [6.45, 7) is 3.82. The normalized spacial score (nSPS) is 21.9. The van der Waals surface area contributed by atoms with Crippen molar-refractivity contribution in [2.45, 2.75) is 32.4 Å². The molecule has 1 aromatic carbocycles. The van der Waals surface area contributed by atoms with Crippen molar-refractivity contribution < 1.29 is 8.42 Å². The number of nitrogen functional groups attached to an aromatic ring is 1. The number of hydrogen-bond donors (Lipinski definition) is 1. The first-order valence-corrected chi connectivity index (χ1v) is 8.61. The number of sulfone groups is 1. The largest absolute Gasteiger partial charge is 0.399 e. The predicted molar refractivity (Wildman–Crippen MR) is 78.6 cm³/mol. The van der Waals surface area contributed by atoms with E-state index in [9.17, 15) is 8.42 Å². The lowest BCUT2D eigenvalue weighted by atomic mass is 10.1. The van der Waals surface area contributed by atoms with Crippen molar-refractivity contribution in [1.29, 1.82) is 0 Å². The standard InChI is InChI=1S/C14H22N2O2S/c1-2-7-16(14-6-8-19(17,18)11-14)10-12-4-3-5-13(15)9-12/h3-5,9,14H,2,6-8,10-11,15H2,1H3. The molecule has 2 N–H and O–H groups in total. The number of nitrogens with zero attached hydrogens (tertiary/aromatic N) is 1. The van der Waals surface area contributed by atoms with Crippen LogP contribution >= 0.6 is 0 Å². The summed E-state index contributed by atoms with van der Waals surface area (Å²) in [4.78, 5) is 2.28. The highest BCUT2D eigenvalue weighted by atomic mass is 32.2. The fourth-order valence-electron chi connectivity index (χ4n) is 2.67. The van der Waals surface area contributed by atoms with E-state index in [0.717, 1.165) is 37.2 Å². The molecule has 1 saturated heterocycles. The van der Waals surface area contributed by atoms with Crippen molar-refractivity contribution in [3.8, 4) is 0 Å². The predicted octanol–water partition coefficient (Wildman–Crippen LogP) is 1.67. The maximum Gasteiger partial charge on any atom is 0.151 e. The van der Waals surface area contributed by atoms with Crippen molar-refractivity contribution >= 4 is 15.5 Å². The zero-order chi connectivity index (χ0) is 13.9. The first-order valence-electron chi connectivity index (χ1n) is 6.79. The Kier molecular flexibility index (Phi) is 4.47. The Bertz CT molecular complexity index is 528. The van der Waals surface area contributed by atoms with Crippen molar-refractivity contribution in [2.24, 2.45) is 0 Å². The number of benzene rings is 1. The third-order valence-electron chi connectivity index (χ3n) is 3.57. The molecule has 19 heavy (non-hydrogen) atoms. The van der Waals surface area contributed by atoms with E-state index in [-0.39, 0.29) is 6.04 Å². The van der Waals surface area contributed by atoms with Gasteiger partial charge in [0.15, 0.2) is 9.84 Å². The summed E-state index contributed by atoms with van der Waals surface area (Å²) in [5.41, 5.74) is 7.70. The Morgan fingerprint density at radius 3 is 2.79 bits per heavy atom. The SMILES string of the molecule is CCCN(Cc1cccc(N)c1)C1CCS(=O)(=O)C1. The minimum Gasteiger partial charge on any atom is -0.399 e. The Morgan fingerprint density at radius 1 is 1.42 bits per heavy atom. The third-order valence-corrected chi connectivity index (χ3v) is 5.32. The van der Waals surface area contributed by atoms with Crippen molar-refractivity contribution in [3.63, 3.8) is 0 Å². The molecule has 1 unspecified atom stereocenters. The highest BCUT2D eigenvalue weighted by molar-refractivity contribution is 7.91. The summed E-state index contributed by atoms with van der Waals surface area (Å²) in [5.74, 6) is 0.629. The van der Waals surface area contributed by atoms with Gasteiger partial charge in [-0.1, -0.05) is 19.1 Å². The molecule has 4 nitrogen and oxygen atoms in total. The molecule has 0 aromatic heterocycles. The van der Waals surface area contributed by atoms with E-state index in [1.807, 2.05) is 24.3 Å². The molecule has 0 amide bonds. The van der Waals surface area contributed by atoms with Gasteiger partial charge in [-0.05, 0) is 37.1 Å². The minimum absolute atomic E-state index is 0.159. The monoisotopic (exact) mass is 282 g/mol. The van der Waals surface area contributed by atoms with Gasteiger partial charge in [0.25, 0.3) is 0 Å². The molecule has 0 saturated carbocycles. The van der Waals surface area contributed by atoms with Crippen molar-refractivity contribution in [1.82, 2.24) is 4.90 Å². The molecular weight excluding hydrogens is 260 g/mol. The van der Waals surface area contributed by atoms with Gasteiger partial charge in [-0.25, -0.2) is 8.42 Å². The second kappa shape index (κ2) is 5.92. The molecule has 0 spiro atoms. The molecule has 1 aromatic rings. The van der Waals surface area contributed by atoms with Crippen LogP contribution < -0.4 is 5.73 Å². The van der Waals surface area contributed by atoms with Gasteiger partial charge in [0.2, 0.25) is 0 Å². The van der Waals surface area contributed by atoms with Crippen LogP contribution in [-0.2, 0) is 16.4 Å². The van der Waals surface area contributed by atoms with Gasteiger partial charge in [0, 0.05) is 18.3 Å². The van der Waals surface area contributed by atoms with E-state index < -0.39 is 9.84 Å². The zero-order valence-corrected chi connectivity index (χ0v) is 12.2. The second-order valence-electron chi connectivity index (χ2n) is 5.27. The van der Waals surface area contributed by atoms with Gasteiger partial charge in [0.1, 0.15) is 0 Å². The molecule has 0 radical (unpaired) electrons. The lowest BCUT2D eigenvalue weighted by Crippen LogP contribution is -2.36. The van der Waals surface area contributed by atoms with Crippen LogP contribution in [0.2, 0.25) is 0 Å². The van der Waals surface area contributed by atoms with Crippen LogP contribution in [0.1, 0.15) is 25.3 Å². The van der Waals surface area contributed by atoms with E-state index in [1.54, 1.807) is 0 Å². The smallest absolute Gasteiger partial charge is 0.151 e. The van der Waals surface area contributed by atoms with Crippen LogP contribution in [0.3, 0.4) is 0 Å². The summed E-state index contributed by atoms with van der Waals surface area (Å²) in [7, 11) is -2.83. The summed E-state index contributed by atoms with van der Waals surface area (Å²) in [6.07, 6.45) is 1.78. The van der Waals surface area contributed by atoms with Crippen LogP contribution in [0, 0.1) is 0 Å². The second-order valence-corrected chi connectivity index (χ2v) is 7.50. The Morgan fingerprint density at radius 2 is 2.21 bits per heavy atom. The van der Waals surface area contributed by atoms with Crippen LogP contribution in [-0.4, -0.2) is 37.4 Å². The number of nitrogens with two attached hydrogens (primary N) is 1. The summed E-state index contributed by atoms with van der Waals surface area (Å²) in [5, 5.41) is 0. The Hall–Kier alpha value is -1.07. The maximum atomic E-state index is 11.6. The van der Waals surface area contributed by atoms with Gasteiger partial charge in [-0.2, -0.15) is 0 Å². The van der Waals surface area contributed by atoms with E-state index in [4.69, 9.17) is 5.73 Å². The first-order chi connectivity index (χ1) is 9.00. The Balaban J connectivity index is 2.08. The first kappa shape index (κ1) is 14.3. The van der Waals surface area contributed by atoms with Gasteiger partial charge in [0.05, 0.1) is 11.5 Å². The highest BCUT2D eigenvalue weighted by Gasteiger charge is 2.31. The molecular formula is C14H22N2O2S. The fourth-order valence-corrected chi connectivity index (χ4v) is 4.43. The average molecular weight is 282 g/mol. The van der Waals surface area contributed by atoms with Crippen LogP contribution in [0.4, 0.5) is 5.69 Å². The van der Waals surface area contributed by atoms with Crippen LogP contribution in [0.5, 0.6) is 0 Å². The number of hydrogen-bond acceptors (Lipinski definition) is 4. The quantitative estimate of drug-likeness (QED) is 0.834. The molecule has 2 rings (SSSR count). The van der Waals surface area contributed by atoms with E-state index in [2.05, 4.69) is 11.8 Å². The van der Waals surface area contributed by atoms with E-state index in [0.29, 0.717) is 11.5 Å². The molecule has 1 heterocycles. The third kappa shape index (κ3) is 3.94. The fraction of sp³-hybridized carbons (Fsp3) is 0.571. The number of rotatable bonds is 5. The van der Waals surface area contributed by atoms with Gasteiger partial charge < -0.3 is 5.73 Å². The summed E-state index contributed by atoms with van der Waals surface area (Å²) in [6, 6.07) is 7.98.